The van der Waals surface area contributed by atoms with E-state index in [1.165, 1.54) is 19.2 Å². The fourth-order valence-corrected chi connectivity index (χ4v) is 0.935. The first-order chi connectivity index (χ1) is 6.17. The van der Waals surface area contributed by atoms with Gasteiger partial charge in [-0.2, -0.15) is 5.26 Å². The summed E-state index contributed by atoms with van der Waals surface area (Å²) in [4.78, 5) is 0. The van der Waals surface area contributed by atoms with Gasteiger partial charge < -0.3 is 9.84 Å². The van der Waals surface area contributed by atoms with Crippen LogP contribution in [0.3, 0.4) is 0 Å². The molecule has 68 valence electrons. The third-order valence-corrected chi connectivity index (χ3v) is 1.57. The molecule has 3 nitrogen and oxygen atoms in total. The normalized spacial score (nSPS) is 11.8. The number of benzene rings is 1. The number of halogens is 1. The van der Waals surface area contributed by atoms with Gasteiger partial charge in [-0.3, -0.25) is 0 Å². The van der Waals surface area contributed by atoms with Crippen LogP contribution in [0.5, 0.6) is 5.75 Å². The van der Waals surface area contributed by atoms with Gasteiger partial charge in [0.2, 0.25) is 0 Å². The number of nitrogens with zero attached hydrogens (tertiary/aromatic N) is 1. The first-order valence-electron chi connectivity index (χ1n) is 3.59. The molecule has 0 aliphatic rings. The quantitative estimate of drug-likeness (QED) is 0.701. The molecule has 4 heteroatoms. The van der Waals surface area contributed by atoms with E-state index in [1.807, 2.05) is 0 Å². The summed E-state index contributed by atoms with van der Waals surface area (Å²) in [6, 6.07) is 5.27. The van der Waals surface area contributed by atoms with E-state index >= 15 is 0 Å². The second kappa shape index (κ2) is 3.87. The van der Waals surface area contributed by atoms with Crippen molar-refractivity contribution >= 4 is 0 Å². The SMILES string of the molecule is COc1cc(F)cc(C(O)C#N)c1. The molecule has 1 N–H and O–H groups in total. The third kappa shape index (κ3) is 2.17. The Morgan fingerprint density at radius 3 is 2.77 bits per heavy atom. The molecule has 1 aromatic rings. The Bertz CT molecular complexity index is 346. The lowest BCUT2D eigenvalue weighted by Gasteiger charge is -2.05. The molecule has 1 unspecified atom stereocenters. The number of methoxy groups -OCH3 is 1. The van der Waals surface area contributed by atoms with Crippen molar-refractivity contribution in [1.29, 1.82) is 5.26 Å². The molecule has 0 radical (unpaired) electrons. The maximum atomic E-state index is 12.8. The van der Waals surface area contributed by atoms with Gasteiger partial charge >= 0.3 is 0 Å². The van der Waals surface area contributed by atoms with Crippen molar-refractivity contribution in [2.75, 3.05) is 7.11 Å². The Morgan fingerprint density at radius 1 is 1.54 bits per heavy atom. The molecule has 0 amide bonds. The second-order valence-electron chi connectivity index (χ2n) is 2.46. The van der Waals surface area contributed by atoms with E-state index in [1.54, 1.807) is 6.07 Å². The average Bonchev–Trinajstić information content (AvgIpc) is 2.15. The van der Waals surface area contributed by atoms with Crippen LogP contribution in [0.1, 0.15) is 11.7 Å². The maximum Gasteiger partial charge on any atom is 0.166 e. The van der Waals surface area contributed by atoms with Gasteiger partial charge in [-0.15, -0.1) is 0 Å². The second-order valence-corrected chi connectivity index (χ2v) is 2.46. The Hall–Kier alpha value is -1.60. The van der Waals surface area contributed by atoms with E-state index in [-0.39, 0.29) is 11.3 Å². The lowest BCUT2D eigenvalue weighted by Crippen LogP contribution is -1.95. The zero-order chi connectivity index (χ0) is 9.84. The number of hydrogen-bond acceptors (Lipinski definition) is 3. The minimum Gasteiger partial charge on any atom is -0.497 e. The topological polar surface area (TPSA) is 53.2 Å². The van der Waals surface area contributed by atoms with Gasteiger partial charge in [-0.05, 0) is 12.1 Å². The number of rotatable bonds is 2. The molecular weight excluding hydrogens is 173 g/mol. The van der Waals surface area contributed by atoms with Crippen LogP contribution >= 0.6 is 0 Å². The van der Waals surface area contributed by atoms with Crippen LogP contribution in [-0.4, -0.2) is 12.2 Å². The first-order valence-corrected chi connectivity index (χ1v) is 3.59. The van der Waals surface area contributed by atoms with Crippen molar-refractivity contribution in [2.24, 2.45) is 0 Å². The summed E-state index contributed by atoms with van der Waals surface area (Å²) < 4.78 is 17.6. The summed E-state index contributed by atoms with van der Waals surface area (Å²) in [5, 5.41) is 17.5. The van der Waals surface area contributed by atoms with Gasteiger partial charge in [0.15, 0.2) is 6.10 Å². The molecule has 0 heterocycles. The zero-order valence-electron chi connectivity index (χ0n) is 6.99. The molecule has 0 saturated carbocycles. The molecule has 0 aliphatic heterocycles. The highest BCUT2D eigenvalue weighted by Gasteiger charge is 2.08. The van der Waals surface area contributed by atoms with Crippen LogP contribution in [0.4, 0.5) is 4.39 Å². The van der Waals surface area contributed by atoms with Crippen molar-refractivity contribution in [3.63, 3.8) is 0 Å². The average molecular weight is 181 g/mol. The Labute approximate surface area is 75.0 Å². The smallest absolute Gasteiger partial charge is 0.166 e. The van der Waals surface area contributed by atoms with E-state index in [9.17, 15) is 4.39 Å². The summed E-state index contributed by atoms with van der Waals surface area (Å²) in [7, 11) is 1.39. The van der Waals surface area contributed by atoms with Gasteiger partial charge in [-0.25, -0.2) is 4.39 Å². The summed E-state index contributed by atoms with van der Waals surface area (Å²) in [5.74, 6) is -0.257. The van der Waals surface area contributed by atoms with E-state index in [2.05, 4.69) is 0 Å². The van der Waals surface area contributed by atoms with Gasteiger partial charge in [0, 0.05) is 11.6 Å². The Kier molecular flexibility index (Phi) is 2.83. The molecule has 0 fully saturated rings. The van der Waals surface area contributed by atoms with Gasteiger partial charge in [0.1, 0.15) is 11.6 Å². The third-order valence-electron chi connectivity index (χ3n) is 1.57. The van der Waals surface area contributed by atoms with Gasteiger partial charge in [0.05, 0.1) is 13.2 Å². The highest BCUT2D eigenvalue weighted by atomic mass is 19.1. The summed E-state index contributed by atoms with van der Waals surface area (Å²) in [5.41, 5.74) is 0.194. The first kappa shape index (κ1) is 9.49. The fraction of sp³-hybridized carbons (Fsp3) is 0.222. The number of aliphatic hydroxyl groups is 1. The van der Waals surface area contributed by atoms with E-state index in [0.717, 1.165) is 6.07 Å². The molecule has 1 aromatic carbocycles. The lowest BCUT2D eigenvalue weighted by molar-refractivity contribution is 0.234. The lowest BCUT2D eigenvalue weighted by atomic mass is 10.1. The predicted molar refractivity (Wildman–Crippen MR) is 43.5 cm³/mol. The molecular formula is C9H8FNO2. The Balaban J connectivity index is 3.10. The van der Waals surface area contributed by atoms with Crippen LogP contribution in [0, 0.1) is 17.1 Å². The van der Waals surface area contributed by atoms with Gasteiger partial charge in [-0.1, -0.05) is 0 Å². The molecule has 0 bridgehead atoms. The fourth-order valence-electron chi connectivity index (χ4n) is 0.935. The summed E-state index contributed by atoms with van der Waals surface area (Å²) in [6.45, 7) is 0. The zero-order valence-corrected chi connectivity index (χ0v) is 6.99. The minimum absolute atomic E-state index is 0.194. The summed E-state index contributed by atoms with van der Waals surface area (Å²) >= 11 is 0. The Morgan fingerprint density at radius 2 is 2.23 bits per heavy atom. The van der Waals surface area contributed by atoms with Crippen LogP contribution in [-0.2, 0) is 0 Å². The molecule has 0 spiro atoms. The minimum atomic E-state index is -1.32. The molecule has 0 aromatic heterocycles. The highest BCUT2D eigenvalue weighted by molar-refractivity contribution is 5.32. The van der Waals surface area contributed by atoms with Crippen LogP contribution in [0.15, 0.2) is 18.2 Å². The molecule has 0 saturated heterocycles. The van der Waals surface area contributed by atoms with Crippen molar-refractivity contribution in [3.05, 3.63) is 29.6 Å². The van der Waals surface area contributed by atoms with Crippen molar-refractivity contribution < 1.29 is 14.2 Å². The molecule has 0 aliphatic carbocycles. The summed E-state index contributed by atoms with van der Waals surface area (Å²) in [6.07, 6.45) is -1.32. The number of aliphatic hydroxyl groups excluding tert-OH is 1. The van der Waals surface area contributed by atoms with Crippen molar-refractivity contribution in [3.8, 4) is 11.8 Å². The van der Waals surface area contributed by atoms with Crippen LogP contribution < -0.4 is 4.74 Å². The number of hydrogen-bond donors (Lipinski definition) is 1. The van der Waals surface area contributed by atoms with E-state index in [4.69, 9.17) is 15.1 Å². The standard InChI is InChI=1S/C9H8FNO2/c1-13-8-3-6(9(12)5-11)2-7(10)4-8/h2-4,9,12H,1H3. The van der Waals surface area contributed by atoms with Crippen molar-refractivity contribution in [1.82, 2.24) is 0 Å². The van der Waals surface area contributed by atoms with E-state index < -0.39 is 11.9 Å². The molecule has 13 heavy (non-hydrogen) atoms. The number of nitriles is 1. The largest absolute Gasteiger partial charge is 0.497 e. The monoisotopic (exact) mass is 181 g/mol. The molecule has 1 atom stereocenters. The predicted octanol–water partition coefficient (Wildman–Crippen LogP) is 1.39. The van der Waals surface area contributed by atoms with Gasteiger partial charge in [0.25, 0.3) is 0 Å². The maximum absolute atomic E-state index is 12.8. The molecule has 1 rings (SSSR count). The number of ether oxygens (including phenoxy) is 1. The highest BCUT2D eigenvalue weighted by Crippen LogP contribution is 2.20. The van der Waals surface area contributed by atoms with E-state index in [0.29, 0.717) is 0 Å². The van der Waals surface area contributed by atoms with Crippen LogP contribution in [0.25, 0.3) is 0 Å². The van der Waals surface area contributed by atoms with Crippen molar-refractivity contribution in [2.45, 2.75) is 6.10 Å². The van der Waals surface area contributed by atoms with Crippen LogP contribution in [0.2, 0.25) is 0 Å².